The van der Waals surface area contributed by atoms with Crippen molar-refractivity contribution < 1.29 is 9.47 Å². The molecule has 0 radical (unpaired) electrons. The van der Waals surface area contributed by atoms with Crippen LogP contribution >= 0.6 is 15.9 Å². The van der Waals surface area contributed by atoms with Gasteiger partial charge in [-0.3, -0.25) is 0 Å². The lowest BCUT2D eigenvalue weighted by atomic mass is 9.99. The smallest absolute Gasteiger partial charge is 0.124 e. The van der Waals surface area contributed by atoms with E-state index in [0.29, 0.717) is 0 Å². The Morgan fingerprint density at radius 2 is 1.52 bits per heavy atom. The number of halogens is 1. The van der Waals surface area contributed by atoms with Gasteiger partial charge in [-0.2, -0.15) is 0 Å². The Kier molecular flexibility index (Phi) is 5.29. The van der Waals surface area contributed by atoms with Gasteiger partial charge in [0.2, 0.25) is 0 Å². The maximum absolute atomic E-state index is 5.43. The molecule has 2 rings (SSSR count). The molecule has 0 fully saturated rings. The molecule has 0 heterocycles. The Morgan fingerprint density at radius 3 is 2.00 bits per heavy atom. The van der Waals surface area contributed by atoms with Gasteiger partial charge in [0.15, 0.2) is 0 Å². The van der Waals surface area contributed by atoms with E-state index in [-0.39, 0.29) is 4.83 Å². The van der Waals surface area contributed by atoms with E-state index in [1.807, 2.05) is 12.1 Å². The molecule has 0 aromatic heterocycles. The summed E-state index contributed by atoms with van der Waals surface area (Å²) in [5.41, 5.74) is 4.91. The third kappa shape index (κ3) is 3.79. The SMILES string of the molecule is COc1ccc(CC(Br)c2cc(C)c(OC)c(C)c2)cc1. The number of methoxy groups -OCH3 is 2. The summed E-state index contributed by atoms with van der Waals surface area (Å²) in [5, 5.41) is 0. The highest BCUT2D eigenvalue weighted by Gasteiger charge is 2.12. The molecule has 1 unspecified atom stereocenters. The van der Waals surface area contributed by atoms with Crippen LogP contribution in [-0.4, -0.2) is 14.2 Å². The van der Waals surface area contributed by atoms with Crippen molar-refractivity contribution in [2.45, 2.75) is 25.1 Å². The van der Waals surface area contributed by atoms with Crippen molar-refractivity contribution in [3.05, 3.63) is 58.7 Å². The number of rotatable bonds is 5. The zero-order valence-electron chi connectivity index (χ0n) is 12.9. The van der Waals surface area contributed by atoms with Crippen LogP contribution in [0.15, 0.2) is 36.4 Å². The molecule has 3 heteroatoms. The minimum absolute atomic E-state index is 0.286. The van der Waals surface area contributed by atoms with Gasteiger partial charge in [0.05, 0.1) is 14.2 Å². The molecule has 0 bridgehead atoms. The van der Waals surface area contributed by atoms with Crippen molar-refractivity contribution >= 4 is 15.9 Å². The molecule has 0 N–H and O–H groups in total. The molecule has 0 aliphatic heterocycles. The van der Waals surface area contributed by atoms with Crippen LogP contribution in [0.4, 0.5) is 0 Å². The van der Waals surface area contributed by atoms with E-state index in [1.165, 1.54) is 22.3 Å². The lowest BCUT2D eigenvalue weighted by Crippen LogP contribution is -1.99. The van der Waals surface area contributed by atoms with Crippen molar-refractivity contribution in [3.63, 3.8) is 0 Å². The molecule has 1 atom stereocenters. The molecule has 0 saturated carbocycles. The van der Waals surface area contributed by atoms with Crippen LogP contribution in [0.1, 0.15) is 27.1 Å². The van der Waals surface area contributed by atoms with Crippen molar-refractivity contribution in [3.8, 4) is 11.5 Å². The first-order valence-corrected chi connectivity index (χ1v) is 7.89. The molecule has 2 aromatic carbocycles. The third-order valence-electron chi connectivity index (χ3n) is 3.62. The monoisotopic (exact) mass is 348 g/mol. The largest absolute Gasteiger partial charge is 0.497 e. The number of ether oxygens (including phenoxy) is 2. The van der Waals surface area contributed by atoms with Crippen molar-refractivity contribution in [1.82, 2.24) is 0 Å². The van der Waals surface area contributed by atoms with E-state index < -0.39 is 0 Å². The molecule has 0 spiro atoms. The number of aryl methyl sites for hydroxylation is 2. The topological polar surface area (TPSA) is 18.5 Å². The Bertz CT molecular complexity index is 582. The lowest BCUT2D eigenvalue weighted by molar-refractivity contribution is 0.408. The summed E-state index contributed by atoms with van der Waals surface area (Å²) in [6.07, 6.45) is 0.940. The van der Waals surface area contributed by atoms with Crippen molar-refractivity contribution in [2.24, 2.45) is 0 Å². The van der Waals surface area contributed by atoms with Crippen LogP contribution in [0, 0.1) is 13.8 Å². The predicted octanol–water partition coefficient (Wildman–Crippen LogP) is 5.00. The Labute approximate surface area is 135 Å². The van der Waals surface area contributed by atoms with Gasteiger partial charge in [0.1, 0.15) is 11.5 Å². The van der Waals surface area contributed by atoms with E-state index >= 15 is 0 Å². The molecule has 2 aromatic rings. The first-order valence-electron chi connectivity index (χ1n) is 6.97. The normalized spacial score (nSPS) is 12.0. The summed E-state index contributed by atoms with van der Waals surface area (Å²) < 4.78 is 10.6. The fourth-order valence-electron chi connectivity index (χ4n) is 2.57. The number of benzene rings is 2. The van der Waals surface area contributed by atoms with E-state index in [4.69, 9.17) is 9.47 Å². The molecule has 0 amide bonds. The average molecular weight is 349 g/mol. The molecule has 2 nitrogen and oxygen atoms in total. The van der Waals surface area contributed by atoms with Crippen LogP contribution in [0.3, 0.4) is 0 Å². The quantitative estimate of drug-likeness (QED) is 0.708. The summed E-state index contributed by atoms with van der Waals surface area (Å²) in [4.78, 5) is 0.286. The van der Waals surface area contributed by atoms with Gasteiger partial charge in [-0.25, -0.2) is 0 Å². The standard InChI is InChI=1S/C18H21BrO2/c1-12-9-15(10-13(2)18(12)21-4)17(19)11-14-5-7-16(20-3)8-6-14/h5-10,17H,11H2,1-4H3. The lowest BCUT2D eigenvalue weighted by Gasteiger charge is -2.15. The first kappa shape index (κ1) is 15.9. The third-order valence-corrected chi connectivity index (χ3v) is 4.47. The molecule has 0 aliphatic carbocycles. The van der Waals surface area contributed by atoms with Gasteiger partial charge >= 0.3 is 0 Å². The second-order valence-electron chi connectivity index (χ2n) is 5.21. The summed E-state index contributed by atoms with van der Waals surface area (Å²) in [6.45, 7) is 4.17. The molecular formula is C18H21BrO2. The Morgan fingerprint density at radius 1 is 0.952 bits per heavy atom. The van der Waals surface area contributed by atoms with E-state index in [2.05, 4.69) is 54.0 Å². The van der Waals surface area contributed by atoms with Crippen LogP contribution < -0.4 is 9.47 Å². The molecular weight excluding hydrogens is 328 g/mol. The number of hydrogen-bond donors (Lipinski definition) is 0. The van der Waals surface area contributed by atoms with Crippen LogP contribution in [0.5, 0.6) is 11.5 Å². The second kappa shape index (κ2) is 6.99. The van der Waals surface area contributed by atoms with Gasteiger partial charge in [-0.1, -0.05) is 40.2 Å². The Hall–Kier alpha value is -1.48. The van der Waals surface area contributed by atoms with Crippen molar-refractivity contribution in [1.29, 1.82) is 0 Å². The predicted molar refractivity (Wildman–Crippen MR) is 90.8 cm³/mol. The van der Waals surface area contributed by atoms with Gasteiger partial charge in [-0.05, 0) is 54.7 Å². The summed E-state index contributed by atoms with van der Waals surface area (Å²) in [5.74, 6) is 1.86. The van der Waals surface area contributed by atoms with Crippen molar-refractivity contribution in [2.75, 3.05) is 14.2 Å². The van der Waals surface area contributed by atoms with Crippen LogP contribution in [-0.2, 0) is 6.42 Å². The Balaban J connectivity index is 2.17. The fraction of sp³-hybridized carbons (Fsp3) is 0.333. The molecule has 0 aliphatic rings. The summed E-state index contributed by atoms with van der Waals surface area (Å²) in [6, 6.07) is 12.6. The average Bonchev–Trinajstić information content (AvgIpc) is 2.47. The number of alkyl halides is 1. The van der Waals surface area contributed by atoms with Gasteiger partial charge in [0.25, 0.3) is 0 Å². The second-order valence-corrected chi connectivity index (χ2v) is 6.31. The number of hydrogen-bond acceptors (Lipinski definition) is 2. The summed E-state index contributed by atoms with van der Waals surface area (Å²) in [7, 11) is 3.41. The van der Waals surface area contributed by atoms with Gasteiger partial charge in [0, 0.05) is 4.83 Å². The fourth-order valence-corrected chi connectivity index (χ4v) is 3.21. The zero-order chi connectivity index (χ0) is 15.4. The highest BCUT2D eigenvalue weighted by molar-refractivity contribution is 9.09. The van der Waals surface area contributed by atoms with Crippen LogP contribution in [0.25, 0.3) is 0 Å². The van der Waals surface area contributed by atoms with Gasteiger partial charge < -0.3 is 9.47 Å². The highest BCUT2D eigenvalue weighted by atomic mass is 79.9. The molecule has 21 heavy (non-hydrogen) atoms. The zero-order valence-corrected chi connectivity index (χ0v) is 14.5. The minimum Gasteiger partial charge on any atom is -0.497 e. The van der Waals surface area contributed by atoms with E-state index in [9.17, 15) is 0 Å². The molecule has 112 valence electrons. The molecule has 0 saturated heterocycles. The summed E-state index contributed by atoms with van der Waals surface area (Å²) >= 11 is 3.80. The highest BCUT2D eigenvalue weighted by Crippen LogP contribution is 2.33. The minimum atomic E-state index is 0.286. The first-order chi connectivity index (χ1) is 10.0. The van der Waals surface area contributed by atoms with E-state index in [1.54, 1.807) is 14.2 Å². The van der Waals surface area contributed by atoms with Gasteiger partial charge in [-0.15, -0.1) is 0 Å². The maximum Gasteiger partial charge on any atom is 0.124 e. The van der Waals surface area contributed by atoms with E-state index in [0.717, 1.165) is 17.9 Å². The maximum atomic E-state index is 5.43. The van der Waals surface area contributed by atoms with Crippen LogP contribution in [0.2, 0.25) is 0 Å².